The van der Waals surface area contributed by atoms with Crippen LogP contribution in [0.5, 0.6) is 0 Å². The van der Waals surface area contributed by atoms with Crippen LogP contribution < -0.4 is 15.8 Å². The molecule has 1 amide bonds. The molecular formula is C21H21N7O2. The molecule has 9 nitrogen and oxygen atoms in total. The molecule has 4 aromatic rings. The van der Waals surface area contributed by atoms with Crippen LogP contribution in [-0.2, 0) is 0 Å². The zero-order valence-corrected chi connectivity index (χ0v) is 16.7. The fourth-order valence-electron chi connectivity index (χ4n) is 3.23. The number of nitrogens with one attached hydrogen (secondary N) is 1. The third kappa shape index (κ3) is 3.41. The first-order chi connectivity index (χ1) is 14.6. The van der Waals surface area contributed by atoms with Crippen molar-refractivity contribution in [1.82, 2.24) is 29.5 Å². The Morgan fingerprint density at radius 2 is 2.03 bits per heavy atom. The van der Waals surface area contributed by atoms with E-state index in [9.17, 15) is 9.59 Å². The number of hydrogen-bond donors (Lipinski definition) is 1. The normalized spacial score (nSPS) is 10.9. The fraction of sp³-hybridized carbons (Fsp3) is 0.190. The highest BCUT2D eigenvalue weighted by molar-refractivity contribution is 5.97. The van der Waals surface area contributed by atoms with Crippen LogP contribution >= 0.6 is 0 Å². The van der Waals surface area contributed by atoms with Gasteiger partial charge in [0.15, 0.2) is 5.65 Å². The lowest BCUT2D eigenvalue weighted by Crippen LogP contribution is -2.32. The molecule has 1 N–H and O–H groups in total. The third-order valence-electron chi connectivity index (χ3n) is 4.67. The van der Waals surface area contributed by atoms with Crippen LogP contribution in [-0.4, -0.2) is 43.7 Å². The Labute approximate surface area is 172 Å². The van der Waals surface area contributed by atoms with Crippen molar-refractivity contribution >= 4 is 22.9 Å². The minimum Gasteiger partial charge on any atom is -0.355 e. The maximum absolute atomic E-state index is 13.0. The second kappa shape index (κ2) is 8.16. The predicted octanol–water partition coefficient (Wildman–Crippen LogP) is 2.02. The van der Waals surface area contributed by atoms with E-state index in [1.165, 1.54) is 19.4 Å². The summed E-state index contributed by atoms with van der Waals surface area (Å²) in [6.07, 6.45) is 9.02. The van der Waals surface area contributed by atoms with E-state index in [0.29, 0.717) is 18.1 Å². The first-order valence-electron chi connectivity index (χ1n) is 9.59. The smallest absolute Gasteiger partial charge is 0.256 e. The second-order valence-corrected chi connectivity index (χ2v) is 6.63. The van der Waals surface area contributed by atoms with Crippen LogP contribution in [0, 0.1) is 0 Å². The zero-order valence-electron chi connectivity index (χ0n) is 16.7. The first-order valence-corrected chi connectivity index (χ1v) is 9.59. The van der Waals surface area contributed by atoms with Gasteiger partial charge in [-0.25, -0.2) is 19.7 Å². The van der Waals surface area contributed by atoms with Crippen LogP contribution in [0.4, 0.5) is 5.95 Å². The van der Waals surface area contributed by atoms with Crippen molar-refractivity contribution in [2.75, 3.05) is 18.6 Å². The maximum Gasteiger partial charge on any atom is 0.256 e. The lowest BCUT2D eigenvalue weighted by atomic mass is 10.2. The van der Waals surface area contributed by atoms with Gasteiger partial charge in [-0.05, 0) is 18.6 Å². The van der Waals surface area contributed by atoms with E-state index in [4.69, 9.17) is 4.98 Å². The summed E-state index contributed by atoms with van der Waals surface area (Å²) in [6.45, 7) is 2.72. The second-order valence-electron chi connectivity index (χ2n) is 6.63. The van der Waals surface area contributed by atoms with Gasteiger partial charge in [-0.2, -0.15) is 4.98 Å². The highest BCUT2D eigenvalue weighted by Crippen LogP contribution is 2.19. The maximum atomic E-state index is 13.0. The molecule has 9 heteroatoms. The van der Waals surface area contributed by atoms with Crippen LogP contribution in [0.1, 0.15) is 23.7 Å². The van der Waals surface area contributed by atoms with Crippen molar-refractivity contribution in [3.63, 3.8) is 0 Å². The number of imidazole rings is 1. The number of nitrogens with zero attached hydrogens (tertiary/aromatic N) is 6. The number of pyridine rings is 1. The number of amides is 1. The fourth-order valence-corrected chi connectivity index (χ4v) is 3.23. The molecule has 3 heterocycles. The van der Waals surface area contributed by atoms with E-state index < -0.39 is 11.3 Å². The van der Waals surface area contributed by atoms with Gasteiger partial charge in [-0.1, -0.05) is 25.1 Å². The predicted molar refractivity (Wildman–Crippen MR) is 114 cm³/mol. The van der Waals surface area contributed by atoms with Crippen molar-refractivity contribution in [3.05, 3.63) is 77.2 Å². The van der Waals surface area contributed by atoms with Crippen molar-refractivity contribution in [3.8, 4) is 5.69 Å². The molecule has 0 fully saturated rings. The SMILES string of the molecule is CCCN(c1ncc2c(=O)c(C(=O)NC)cn(-c3ccccc3)c2n1)n1ccnc1. The summed E-state index contributed by atoms with van der Waals surface area (Å²) in [6, 6.07) is 9.44. The quantitative estimate of drug-likeness (QED) is 0.529. The van der Waals surface area contributed by atoms with E-state index >= 15 is 0 Å². The van der Waals surface area contributed by atoms with Gasteiger partial charge in [0.25, 0.3) is 5.91 Å². The van der Waals surface area contributed by atoms with Crippen LogP contribution in [0.15, 0.2) is 66.2 Å². The molecule has 3 aromatic heterocycles. The third-order valence-corrected chi connectivity index (χ3v) is 4.67. The summed E-state index contributed by atoms with van der Waals surface area (Å²) in [4.78, 5) is 38.5. The number of para-hydroxylation sites is 1. The van der Waals surface area contributed by atoms with Gasteiger partial charge in [-0.15, -0.1) is 0 Å². The highest BCUT2D eigenvalue weighted by Gasteiger charge is 2.19. The molecule has 0 saturated heterocycles. The summed E-state index contributed by atoms with van der Waals surface area (Å²) >= 11 is 0. The molecule has 0 spiro atoms. The van der Waals surface area contributed by atoms with Crippen LogP contribution in [0.3, 0.4) is 0 Å². The van der Waals surface area contributed by atoms with Crippen LogP contribution in [0.25, 0.3) is 16.7 Å². The molecule has 0 aliphatic carbocycles. The van der Waals surface area contributed by atoms with E-state index in [0.717, 1.165) is 12.1 Å². The molecule has 0 atom stereocenters. The molecule has 152 valence electrons. The monoisotopic (exact) mass is 403 g/mol. The molecule has 0 radical (unpaired) electrons. The molecule has 0 bridgehead atoms. The molecular weight excluding hydrogens is 382 g/mol. The Balaban J connectivity index is 1.99. The molecule has 0 aliphatic heterocycles. The summed E-state index contributed by atoms with van der Waals surface area (Å²) < 4.78 is 3.54. The topological polar surface area (TPSA) is 97.9 Å². The van der Waals surface area contributed by atoms with Gasteiger partial charge < -0.3 is 9.88 Å². The Hall–Kier alpha value is -4.01. The number of hydrogen-bond acceptors (Lipinski definition) is 6. The van der Waals surface area contributed by atoms with Crippen molar-refractivity contribution in [1.29, 1.82) is 0 Å². The molecule has 0 unspecified atom stereocenters. The molecule has 0 saturated carbocycles. The van der Waals surface area contributed by atoms with Gasteiger partial charge in [-0.3, -0.25) is 9.59 Å². The Morgan fingerprint density at radius 3 is 2.70 bits per heavy atom. The number of benzene rings is 1. The van der Waals surface area contributed by atoms with Crippen molar-refractivity contribution < 1.29 is 4.79 Å². The average Bonchev–Trinajstić information content (AvgIpc) is 3.32. The lowest BCUT2D eigenvalue weighted by molar-refractivity contribution is 0.0961. The van der Waals surface area contributed by atoms with Gasteiger partial charge in [0.2, 0.25) is 11.4 Å². The van der Waals surface area contributed by atoms with E-state index in [-0.39, 0.29) is 10.9 Å². The first kappa shape index (κ1) is 19.3. The van der Waals surface area contributed by atoms with Gasteiger partial charge >= 0.3 is 0 Å². The van der Waals surface area contributed by atoms with Crippen molar-refractivity contribution in [2.24, 2.45) is 0 Å². The molecule has 1 aromatic carbocycles. The summed E-state index contributed by atoms with van der Waals surface area (Å²) in [5, 5.41) is 4.66. The van der Waals surface area contributed by atoms with Gasteiger partial charge in [0.1, 0.15) is 11.9 Å². The summed E-state index contributed by atoms with van der Waals surface area (Å²) in [5.41, 5.74) is 0.824. The summed E-state index contributed by atoms with van der Waals surface area (Å²) in [7, 11) is 1.49. The Kier molecular flexibility index (Phi) is 5.25. The largest absolute Gasteiger partial charge is 0.355 e. The number of fused-ring (bicyclic) bond motifs is 1. The number of carbonyl (C=O) groups excluding carboxylic acids is 1. The number of rotatable bonds is 6. The highest BCUT2D eigenvalue weighted by atomic mass is 16.2. The number of carbonyl (C=O) groups is 1. The van der Waals surface area contributed by atoms with E-state index in [1.807, 2.05) is 41.5 Å². The molecule has 30 heavy (non-hydrogen) atoms. The minimum absolute atomic E-state index is 0.0326. The van der Waals surface area contributed by atoms with E-state index in [1.54, 1.807) is 21.8 Å². The molecule has 0 aliphatic rings. The summed E-state index contributed by atoms with van der Waals surface area (Å²) in [5.74, 6) is -0.0270. The molecule has 4 rings (SSSR count). The van der Waals surface area contributed by atoms with E-state index in [2.05, 4.69) is 22.2 Å². The average molecular weight is 403 g/mol. The van der Waals surface area contributed by atoms with Gasteiger partial charge in [0, 0.05) is 44.1 Å². The Morgan fingerprint density at radius 1 is 1.23 bits per heavy atom. The lowest BCUT2D eigenvalue weighted by Gasteiger charge is -2.23. The van der Waals surface area contributed by atoms with Crippen molar-refractivity contribution in [2.45, 2.75) is 13.3 Å². The van der Waals surface area contributed by atoms with Gasteiger partial charge in [0.05, 0.1) is 5.39 Å². The van der Waals surface area contributed by atoms with Crippen LogP contribution in [0.2, 0.25) is 0 Å². The minimum atomic E-state index is -0.457. The zero-order chi connectivity index (χ0) is 21.1. The number of aromatic nitrogens is 5. The Bertz CT molecular complexity index is 1230. The standard InChI is InChI=1S/C21H21N7O2/c1-3-10-28(26-11-9-23-14-26)21-24-12-16-18(29)17(20(30)22-2)13-27(19(16)25-21)15-7-5-4-6-8-15/h4-9,11-14H,3,10H2,1-2H3,(H,22,30). The number of anilines is 1.